The van der Waals surface area contributed by atoms with Gasteiger partial charge in [0.15, 0.2) is 0 Å². The Bertz CT molecular complexity index is 873. The molecular weight excluding hydrogens is 350 g/mol. The lowest BCUT2D eigenvalue weighted by Crippen LogP contribution is -2.53. The van der Waals surface area contributed by atoms with E-state index in [4.69, 9.17) is 0 Å². The van der Waals surface area contributed by atoms with Gasteiger partial charge in [0, 0.05) is 37.7 Å². The van der Waals surface area contributed by atoms with Crippen molar-refractivity contribution in [2.75, 3.05) is 13.1 Å². The monoisotopic (exact) mass is 370 g/mol. The van der Waals surface area contributed by atoms with Crippen molar-refractivity contribution >= 4 is 11.8 Å². The summed E-state index contributed by atoms with van der Waals surface area (Å²) in [5.74, 6) is -2.23. The fourth-order valence-electron chi connectivity index (χ4n) is 3.95. The van der Waals surface area contributed by atoms with Crippen molar-refractivity contribution in [1.82, 2.24) is 9.80 Å². The number of rotatable bonds is 2. The number of likely N-dealkylation sites (tertiary alicyclic amines) is 1. The van der Waals surface area contributed by atoms with Crippen LogP contribution in [-0.2, 0) is 17.8 Å². The van der Waals surface area contributed by atoms with Crippen LogP contribution in [0.5, 0.6) is 0 Å². The molecule has 140 valence electrons. The van der Waals surface area contributed by atoms with Crippen molar-refractivity contribution in [1.29, 1.82) is 0 Å². The summed E-state index contributed by atoms with van der Waals surface area (Å²) in [6.07, 6.45) is 2.32. The number of carbonyl (C=O) groups is 2. The minimum Gasteiger partial charge on any atom is -0.341 e. The first-order chi connectivity index (χ1) is 13.0. The van der Waals surface area contributed by atoms with Crippen molar-refractivity contribution in [3.63, 3.8) is 0 Å². The van der Waals surface area contributed by atoms with Crippen LogP contribution >= 0.6 is 0 Å². The minimum atomic E-state index is -0.807. The van der Waals surface area contributed by atoms with Gasteiger partial charge in [-0.2, -0.15) is 0 Å². The van der Waals surface area contributed by atoms with Gasteiger partial charge in [-0.15, -0.1) is 0 Å². The largest absolute Gasteiger partial charge is 0.341 e. The van der Waals surface area contributed by atoms with Gasteiger partial charge in [0.1, 0.15) is 17.7 Å². The number of hydrogen-bond donors (Lipinski definition) is 0. The molecule has 2 aromatic rings. The Morgan fingerprint density at radius 3 is 2.22 bits per heavy atom. The number of amides is 2. The molecule has 0 radical (unpaired) electrons. The molecular formula is C21H20F2N2O2. The average Bonchev–Trinajstić information content (AvgIpc) is 3.20. The molecule has 1 fully saturated rings. The zero-order valence-corrected chi connectivity index (χ0v) is 14.8. The topological polar surface area (TPSA) is 40.6 Å². The molecule has 0 spiro atoms. The Morgan fingerprint density at radius 2 is 1.56 bits per heavy atom. The fourth-order valence-corrected chi connectivity index (χ4v) is 3.95. The van der Waals surface area contributed by atoms with Gasteiger partial charge in [0.2, 0.25) is 5.91 Å². The van der Waals surface area contributed by atoms with Crippen LogP contribution in [-0.4, -0.2) is 40.7 Å². The van der Waals surface area contributed by atoms with E-state index in [2.05, 4.69) is 0 Å². The van der Waals surface area contributed by atoms with E-state index in [1.54, 1.807) is 4.90 Å². The molecule has 0 bridgehead atoms. The molecule has 0 unspecified atom stereocenters. The lowest BCUT2D eigenvalue weighted by atomic mass is 9.92. The van der Waals surface area contributed by atoms with Gasteiger partial charge >= 0.3 is 0 Å². The van der Waals surface area contributed by atoms with E-state index >= 15 is 0 Å². The fraction of sp³-hybridized carbons (Fsp3) is 0.333. The highest BCUT2D eigenvalue weighted by Gasteiger charge is 2.38. The van der Waals surface area contributed by atoms with Gasteiger partial charge < -0.3 is 9.80 Å². The molecule has 0 saturated carbocycles. The zero-order chi connectivity index (χ0) is 19.0. The van der Waals surface area contributed by atoms with Gasteiger partial charge in [0.05, 0.1) is 0 Å². The summed E-state index contributed by atoms with van der Waals surface area (Å²) in [5.41, 5.74) is 1.91. The van der Waals surface area contributed by atoms with Crippen molar-refractivity contribution in [3.8, 4) is 0 Å². The van der Waals surface area contributed by atoms with Gasteiger partial charge in [-0.3, -0.25) is 9.59 Å². The molecule has 2 heterocycles. The molecule has 2 aromatic carbocycles. The molecule has 2 amide bonds. The van der Waals surface area contributed by atoms with Crippen LogP contribution in [0, 0.1) is 11.6 Å². The maximum Gasteiger partial charge on any atom is 0.255 e. The van der Waals surface area contributed by atoms with Gasteiger partial charge in [0.25, 0.3) is 5.91 Å². The number of carbonyl (C=O) groups excluding carboxylic acids is 2. The normalized spacial score (nSPS) is 19.1. The third-order valence-electron chi connectivity index (χ3n) is 5.32. The molecule has 4 rings (SSSR count). The predicted molar refractivity (Wildman–Crippen MR) is 96.0 cm³/mol. The van der Waals surface area contributed by atoms with E-state index in [1.807, 2.05) is 24.3 Å². The minimum absolute atomic E-state index is 0.0777. The summed E-state index contributed by atoms with van der Waals surface area (Å²) in [7, 11) is 0. The third-order valence-corrected chi connectivity index (χ3v) is 5.32. The highest BCUT2D eigenvalue weighted by atomic mass is 19.1. The highest BCUT2D eigenvalue weighted by molar-refractivity contribution is 5.98. The lowest BCUT2D eigenvalue weighted by Gasteiger charge is -2.38. The van der Waals surface area contributed by atoms with Crippen LogP contribution in [0.3, 0.4) is 0 Å². The van der Waals surface area contributed by atoms with E-state index in [0.717, 1.165) is 42.2 Å². The van der Waals surface area contributed by atoms with Crippen molar-refractivity contribution in [3.05, 3.63) is 70.8 Å². The first kappa shape index (κ1) is 17.6. The summed E-state index contributed by atoms with van der Waals surface area (Å²) in [5, 5.41) is 0. The van der Waals surface area contributed by atoms with E-state index in [0.29, 0.717) is 19.5 Å². The van der Waals surface area contributed by atoms with Crippen LogP contribution in [0.2, 0.25) is 0 Å². The molecule has 0 aliphatic carbocycles. The van der Waals surface area contributed by atoms with Gasteiger partial charge in [-0.25, -0.2) is 8.78 Å². The summed E-state index contributed by atoms with van der Waals surface area (Å²) in [6.45, 7) is 1.62. The van der Waals surface area contributed by atoms with Crippen molar-refractivity contribution < 1.29 is 18.4 Å². The Morgan fingerprint density at radius 1 is 0.926 bits per heavy atom. The molecule has 2 aliphatic rings. The Labute approximate surface area is 156 Å². The second kappa shape index (κ2) is 7.10. The zero-order valence-electron chi connectivity index (χ0n) is 14.8. The van der Waals surface area contributed by atoms with Gasteiger partial charge in [-0.1, -0.05) is 24.3 Å². The van der Waals surface area contributed by atoms with E-state index < -0.39 is 23.6 Å². The predicted octanol–water partition coefficient (Wildman–Crippen LogP) is 3.15. The van der Waals surface area contributed by atoms with Crippen molar-refractivity contribution in [2.24, 2.45) is 0 Å². The van der Waals surface area contributed by atoms with Gasteiger partial charge in [-0.05, 0) is 36.1 Å². The molecule has 0 aromatic heterocycles. The van der Waals surface area contributed by atoms with Crippen LogP contribution in [0.15, 0.2) is 42.5 Å². The summed E-state index contributed by atoms with van der Waals surface area (Å²) >= 11 is 0. The van der Waals surface area contributed by atoms with Crippen molar-refractivity contribution in [2.45, 2.75) is 31.8 Å². The summed E-state index contributed by atoms with van der Waals surface area (Å²) in [4.78, 5) is 29.4. The molecule has 1 saturated heterocycles. The van der Waals surface area contributed by atoms with E-state index in [1.165, 1.54) is 4.90 Å². The number of hydrogen-bond acceptors (Lipinski definition) is 2. The molecule has 0 N–H and O–H groups in total. The van der Waals surface area contributed by atoms with E-state index in [-0.39, 0.29) is 18.0 Å². The molecule has 1 atom stereocenters. The number of halogens is 2. The van der Waals surface area contributed by atoms with Crippen LogP contribution in [0.4, 0.5) is 8.78 Å². The Kier molecular flexibility index (Phi) is 4.64. The standard InChI is InChI=1S/C21H20F2N2O2/c22-17-9-16(10-18(23)12-17)20(26)25-13-15-6-2-1-5-14(15)11-19(25)21(27)24-7-3-4-8-24/h1-2,5-6,9-10,12,19H,3-4,7-8,11,13H2/t19-/m0/s1. The number of benzene rings is 2. The second-order valence-corrected chi connectivity index (χ2v) is 7.11. The first-order valence-corrected chi connectivity index (χ1v) is 9.15. The number of nitrogens with zero attached hydrogens (tertiary/aromatic N) is 2. The quantitative estimate of drug-likeness (QED) is 0.815. The van der Waals surface area contributed by atoms with Crippen LogP contribution < -0.4 is 0 Å². The highest BCUT2D eigenvalue weighted by Crippen LogP contribution is 2.27. The third kappa shape index (κ3) is 3.44. The molecule has 27 heavy (non-hydrogen) atoms. The summed E-state index contributed by atoms with van der Waals surface area (Å²) < 4.78 is 27.2. The maximum absolute atomic E-state index is 13.6. The SMILES string of the molecule is O=C([C@@H]1Cc2ccccc2CN1C(=O)c1cc(F)cc(F)c1)N1CCCC1. The second-order valence-electron chi connectivity index (χ2n) is 7.11. The van der Waals surface area contributed by atoms with Crippen LogP contribution in [0.25, 0.3) is 0 Å². The number of fused-ring (bicyclic) bond motifs is 1. The smallest absolute Gasteiger partial charge is 0.255 e. The lowest BCUT2D eigenvalue weighted by molar-refractivity contribution is -0.135. The average molecular weight is 370 g/mol. The van der Waals surface area contributed by atoms with Crippen LogP contribution in [0.1, 0.15) is 34.3 Å². The first-order valence-electron chi connectivity index (χ1n) is 9.15. The Balaban J connectivity index is 1.70. The Hall–Kier alpha value is -2.76. The maximum atomic E-state index is 13.6. The summed E-state index contributed by atoms with van der Waals surface area (Å²) in [6, 6.07) is 9.78. The van der Waals surface area contributed by atoms with E-state index in [9.17, 15) is 18.4 Å². The molecule has 2 aliphatic heterocycles. The molecule has 6 heteroatoms. The molecule has 4 nitrogen and oxygen atoms in total.